The number of rotatable bonds is 3. The molecule has 3 N–H and O–H groups in total. The smallest absolute Gasteiger partial charge is 0.166 e. The van der Waals surface area contributed by atoms with Crippen molar-refractivity contribution in [2.75, 3.05) is 12.9 Å². The molecule has 2 aromatic heterocycles. The quantitative estimate of drug-likeness (QED) is 0.496. The Morgan fingerprint density at radius 3 is 2.75 bits per heavy atom. The third-order valence-corrected chi connectivity index (χ3v) is 4.00. The number of aliphatic hydroxyl groups excluding tert-OH is 3. The molecule has 0 saturated carbocycles. The number of nitrogens with zero attached hydrogens (tertiary/aromatic N) is 4. The maximum absolute atomic E-state index is 10.0. The fourth-order valence-electron chi connectivity index (χ4n) is 2.28. The van der Waals surface area contributed by atoms with E-state index in [9.17, 15) is 10.2 Å². The maximum Gasteiger partial charge on any atom is 0.166 e. The second kappa shape index (κ2) is 5.26. The summed E-state index contributed by atoms with van der Waals surface area (Å²) >= 11 is 1.44. The molecule has 0 bridgehead atoms. The van der Waals surface area contributed by atoms with Gasteiger partial charge in [-0.05, 0) is 6.26 Å². The molecule has 0 aromatic carbocycles. The zero-order valence-electron chi connectivity index (χ0n) is 10.6. The molecule has 1 aliphatic rings. The standard InChI is InChI=1S/C11H14N4O4S/c1-20-10-6-9(12-3-13-10)15(4-14-6)11-8(18)7(17)5(2-16)19-11/h3-5,7-8,11,16-18H,2H2,1H3/t5-,7+,8+,11-/m1/s1. The molecule has 4 atom stereocenters. The van der Waals surface area contributed by atoms with Gasteiger partial charge in [-0.3, -0.25) is 4.57 Å². The molecule has 0 amide bonds. The monoisotopic (exact) mass is 298 g/mol. The van der Waals surface area contributed by atoms with Gasteiger partial charge in [0.05, 0.1) is 12.9 Å². The molecule has 1 saturated heterocycles. The molecular formula is C11H14N4O4S. The molecule has 3 rings (SSSR count). The van der Waals surface area contributed by atoms with E-state index in [1.54, 1.807) is 4.57 Å². The highest BCUT2D eigenvalue weighted by atomic mass is 32.2. The Labute approximate surface area is 118 Å². The topological polar surface area (TPSA) is 114 Å². The normalized spacial score (nSPS) is 30.2. The van der Waals surface area contributed by atoms with Crippen molar-refractivity contribution in [1.29, 1.82) is 0 Å². The molecule has 108 valence electrons. The first kappa shape index (κ1) is 13.7. The lowest BCUT2D eigenvalue weighted by molar-refractivity contribution is -0.0511. The Bertz CT molecular complexity index is 621. The van der Waals surface area contributed by atoms with E-state index in [2.05, 4.69) is 15.0 Å². The van der Waals surface area contributed by atoms with Gasteiger partial charge in [-0.1, -0.05) is 0 Å². The predicted octanol–water partition coefficient (Wildman–Crippen LogP) is -0.840. The summed E-state index contributed by atoms with van der Waals surface area (Å²) in [5, 5.41) is 29.7. The number of imidazole rings is 1. The predicted molar refractivity (Wildman–Crippen MR) is 70.1 cm³/mol. The van der Waals surface area contributed by atoms with Gasteiger partial charge in [0.15, 0.2) is 11.9 Å². The fourth-order valence-corrected chi connectivity index (χ4v) is 2.77. The van der Waals surface area contributed by atoms with Crippen LogP contribution in [0.4, 0.5) is 0 Å². The molecule has 3 heterocycles. The molecule has 9 heteroatoms. The van der Waals surface area contributed by atoms with Gasteiger partial charge in [-0.25, -0.2) is 15.0 Å². The Morgan fingerprint density at radius 2 is 2.10 bits per heavy atom. The van der Waals surface area contributed by atoms with E-state index in [4.69, 9.17) is 9.84 Å². The second-order valence-electron chi connectivity index (χ2n) is 4.44. The first-order valence-corrected chi connectivity index (χ1v) is 7.23. The summed E-state index contributed by atoms with van der Waals surface area (Å²) in [4.78, 5) is 12.5. The van der Waals surface area contributed by atoms with Crippen LogP contribution in [0.15, 0.2) is 17.7 Å². The number of aromatic nitrogens is 4. The summed E-state index contributed by atoms with van der Waals surface area (Å²) in [7, 11) is 0. The number of hydrogen-bond donors (Lipinski definition) is 3. The fraction of sp³-hybridized carbons (Fsp3) is 0.545. The van der Waals surface area contributed by atoms with Crippen LogP contribution in [-0.4, -0.2) is 66.0 Å². The zero-order valence-corrected chi connectivity index (χ0v) is 11.4. The van der Waals surface area contributed by atoms with E-state index < -0.39 is 24.5 Å². The summed E-state index contributed by atoms with van der Waals surface area (Å²) < 4.78 is 7.01. The Morgan fingerprint density at radius 1 is 1.30 bits per heavy atom. The van der Waals surface area contributed by atoms with Crippen LogP contribution >= 0.6 is 11.8 Å². The summed E-state index contributed by atoms with van der Waals surface area (Å²) in [6.45, 7) is -0.369. The van der Waals surface area contributed by atoms with E-state index >= 15 is 0 Å². The lowest BCUT2D eigenvalue weighted by atomic mass is 10.1. The minimum Gasteiger partial charge on any atom is -0.394 e. The maximum atomic E-state index is 10.0. The zero-order chi connectivity index (χ0) is 14.3. The van der Waals surface area contributed by atoms with E-state index in [0.717, 1.165) is 5.03 Å². The van der Waals surface area contributed by atoms with Crippen LogP contribution in [0.2, 0.25) is 0 Å². The van der Waals surface area contributed by atoms with Gasteiger partial charge in [0.25, 0.3) is 0 Å². The van der Waals surface area contributed by atoms with Gasteiger partial charge in [0.1, 0.15) is 35.2 Å². The number of aliphatic hydroxyl groups is 3. The SMILES string of the molecule is CSc1ncnc2c1ncn2[C@@H]1O[C@H](CO)[C@H](O)[C@@H]1O. The van der Waals surface area contributed by atoms with Gasteiger partial charge in [0, 0.05) is 0 Å². The average Bonchev–Trinajstić information content (AvgIpc) is 3.01. The van der Waals surface area contributed by atoms with Gasteiger partial charge >= 0.3 is 0 Å². The van der Waals surface area contributed by atoms with Gasteiger partial charge in [-0.15, -0.1) is 11.8 Å². The van der Waals surface area contributed by atoms with E-state index in [0.29, 0.717) is 11.2 Å². The van der Waals surface area contributed by atoms with Crippen LogP contribution in [-0.2, 0) is 4.74 Å². The van der Waals surface area contributed by atoms with Crippen molar-refractivity contribution >= 4 is 22.9 Å². The second-order valence-corrected chi connectivity index (χ2v) is 5.23. The Kier molecular flexibility index (Phi) is 3.61. The molecule has 1 aliphatic heterocycles. The van der Waals surface area contributed by atoms with Gasteiger partial charge in [-0.2, -0.15) is 0 Å². The van der Waals surface area contributed by atoms with Crippen LogP contribution in [0.1, 0.15) is 6.23 Å². The van der Waals surface area contributed by atoms with Crippen molar-refractivity contribution in [2.24, 2.45) is 0 Å². The molecule has 2 aromatic rings. The largest absolute Gasteiger partial charge is 0.394 e. The number of ether oxygens (including phenoxy) is 1. The molecule has 0 spiro atoms. The van der Waals surface area contributed by atoms with Crippen LogP contribution in [0.25, 0.3) is 11.2 Å². The number of thioether (sulfide) groups is 1. The minimum atomic E-state index is -1.16. The summed E-state index contributed by atoms with van der Waals surface area (Å²) in [5.41, 5.74) is 1.12. The van der Waals surface area contributed by atoms with Crippen LogP contribution in [0.5, 0.6) is 0 Å². The third-order valence-electron chi connectivity index (χ3n) is 3.31. The summed E-state index contributed by atoms with van der Waals surface area (Å²) in [6, 6.07) is 0. The molecule has 0 aliphatic carbocycles. The van der Waals surface area contributed by atoms with Crippen molar-refractivity contribution in [3.8, 4) is 0 Å². The van der Waals surface area contributed by atoms with Crippen molar-refractivity contribution < 1.29 is 20.1 Å². The first-order valence-electron chi connectivity index (χ1n) is 6.01. The minimum absolute atomic E-state index is 0.369. The first-order chi connectivity index (χ1) is 9.67. The van der Waals surface area contributed by atoms with Crippen molar-refractivity contribution in [3.63, 3.8) is 0 Å². The van der Waals surface area contributed by atoms with Gasteiger partial charge < -0.3 is 20.1 Å². The Hall–Kier alpha value is -1.26. The molecule has 20 heavy (non-hydrogen) atoms. The van der Waals surface area contributed by atoms with Crippen molar-refractivity contribution in [3.05, 3.63) is 12.7 Å². The lowest BCUT2D eigenvalue weighted by Gasteiger charge is -2.16. The van der Waals surface area contributed by atoms with E-state index in [1.165, 1.54) is 24.4 Å². The molecule has 0 radical (unpaired) electrons. The van der Waals surface area contributed by atoms with Crippen molar-refractivity contribution in [2.45, 2.75) is 29.6 Å². The highest BCUT2D eigenvalue weighted by molar-refractivity contribution is 7.98. The number of fused-ring (bicyclic) bond motifs is 1. The van der Waals surface area contributed by atoms with Crippen LogP contribution < -0.4 is 0 Å². The van der Waals surface area contributed by atoms with Gasteiger partial charge in [0.2, 0.25) is 0 Å². The summed E-state index contributed by atoms with van der Waals surface area (Å²) in [5.74, 6) is 0. The molecule has 1 fully saturated rings. The van der Waals surface area contributed by atoms with Crippen molar-refractivity contribution in [1.82, 2.24) is 19.5 Å². The third kappa shape index (κ3) is 1.98. The number of hydrogen-bond acceptors (Lipinski definition) is 8. The molecular weight excluding hydrogens is 284 g/mol. The van der Waals surface area contributed by atoms with Crippen LogP contribution in [0, 0.1) is 0 Å². The Balaban J connectivity index is 2.03. The molecule has 0 unspecified atom stereocenters. The molecule has 8 nitrogen and oxygen atoms in total. The summed E-state index contributed by atoms with van der Waals surface area (Å²) in [6.07, 6.45) is 0.813. The average molecular weight is 298 g/mol. The highest BCUT2D eigenvalue weighted by Gasteiger charge is 2.43. The van der Waals surface area contributed by atoms with E-state index in [1.807, 2.05) is 6.26 Å². The highest BCUT2D eigenvalue weighted by Crippen LogP contribution is 2.32. The van der Waals surface area contributed by atoms with Crippen LogP contribution in [0.3, 0.4) is 0 Å². The van der Waals surface area contributed by atoms with E-state index in [-0.39, 0.29) is 6.61 Å². The lowest BCUT2D eigenvalue weighted by Crippen LogP contribution is -2.33.